The predicted molar refractivity (Wildman–Crippen MR) is 75.3 cm³/mol. The second-order valence-electron chi connectivity index (χ2n) is 4.02. The van der Waals surface area contributed by atoms with E-state index in [0.717, 1.165) is 0 Å². The van der Waals surface area contributed by atoms with Crippen LogP contribution >= 0.6 is 0 Å². The van der Waals surface area contributed by atoms with E-state index in [1.165, 1.54) is 18.6 Å². The number of carbonyl (C=O) groups is 2. The van der Waals surface area contributed by atoms with Crippen molar-refractivity contribution in [2.45, 2.75) is 13.3 Å². The smallest absolute Gasteiger partial charge is 0.275 e. The van der Waals surface area contributed by atoms with Gasteiger partial charge < -0.3 is 10.6 Å². The van der Waals surface area contributed by atoms with Gasteiger partial charge in [0.05, 0.1) is 6.20 Å². The summed E-state index contributed by atoms with van der Waals surface area (Å²) in [6, 6.07) is 6.86. The monoisotopic (exact) mass is 270 g/mol. The van der Waals surface area contributed by atoms with Gasteiger partial charge in [0, 0.05) is 30.2 Å². The summed E-state index contributed by atoms with van der Waals surface area (Å²) in [7, 11) is 0. The summed E-state index contributed by atoms with van der Waals surface area (Å²) >= 11 is 0. The maximum Gasteiger partial charge on any atom is 0.275 e. The third-order valence-corrected chi connectivity index (χ3v) is 2.54. The summed E-state index contributed by atoms with van der Waals surface area (Å²) in [4.78, 5) is 30.8. The SMILES string of the molecule is CCC(=O)Nc1ccc(NC(=O)c2cnccn2)cc1. The van der Waals surface area contributed by atoms with Crippen LogP contribution in [0.25, 0.3) is 0 Å². The Kier molecular flexibility index (Phi) is 4.39. The summed E-state index contributed by atoms with van der Waals surface area (Å²) < 4.78 is 0. The molecule has 0 saturated heterocycles. The average Bonchev–Trinajstić information content (AvgIpc) is 2.50. The van der Waals surface area contributed by atoms with E-state index in [4.69, 9.17) is 0 Å². The van der Waals surface area contributed by atoms with Gasteiger partial charge in [0.15, 0.2) is 0 Å². The predicted octanol–water partition coefficient (Wildman–Crippen LogP) is 2.08. The quantitative estimate of drug-likeness (QED) is 0.890. The van der Waals surface area contributed by atoms with Crippen LogP contribution in [0.1, 0.15) is 23.8 Å². The van der Waals surface area contributed by atoms with Gasteiger partial charge in [0.1, 0.15) is 5.69 Å². The Labute approximate surface area is 116 Å². The lowest BCUT2D eigenvalue weighted by atomic mass is 10.2. The van der Waals surface area contributed by atoms with Crippen LogP contribution in [0.4, 0.5) is 11.4 Å². The highest BCUT2D eigenvalue weighted by atomic mass is 16.2. The maximum atomic E-state index is 11.8. The molecule has 1 aromatic carbocycles. The summed E-state index contributed by atoms with van der Waals surface area (Å²) in [5, 5.41) is 5.43. The molecule has 0 spiro atoms. The van der Waals surface area contributed by atoms with Gasteiger partial charge >= 0.3 is 0 Å². The molecule has 0 saturated carbocycles. The third kappa shape index (κ3) is 3.61. The van der Waals surface area contributed by atoms with Crippen molar-refractivity contribution in [2.24, 2.45) is 0 Å². The van der Waals surface area contributed by atoms with E-state index in [1.807, 2.05) is 0 Å². The Morgan fingerprint density at radius 2 is 1.70 bits per heavy atom. The van der Waals surface area contributed by atoms with Crippen LogP contribution in [-0.4, -0.2) is 21.8 Å². The summed E-state index contributed by atoms with van der Waals surface area (Å²) in [6.07, 6.45) is 4.77. The Hall–Kier alpha value is -2.76. The maximum absolute atomic E-state index is 11.8. The van der Waals surface area contributed by atoms with Crippen molar-refractivity contribution >= 4 is 23.2 Å². The van der Waals surface area contributed by atoms with Crippen LogP contribution in [0.2, 0.25) is 0 Å². The fourth-order valence-corrected chi connectivity index (χ4v) is 1.50. The fourth-order valence-electron chi connectivity index (χ4n) is 1.50. The molecular formula is C14H14N4O2. The van der Waals surface area contributed by atoms with E-state index in [-0.39, 0.29) is 17.5 Å². The number of nitrogens with zero attached hydrogens (tertiary/aromatic N) is 2. The zero-order valence-electron chi connectivity index (χ0n) is 11.0. The zero-order valence-corrected chi connectivity index (χ0v) is 11.0. The van der Waals surface area contributed by atoms with Crippen LogP contribution in [0.3, 0.4) is 0 Å². The minimum absolute atomic E-state index is 0.0543. The molecule has 102 valence electrons. The average molecular weight is 270 g/mol. The molecule has 0 radical (unpaired) electrons. The third-order valence-electron chi connectivity index (χ3n) is 2.54. The number of aromatic nitrogens is 2. The first-order valence-electron chi connectivity index (χ1n) is 6.16. The topological polar surface area (TPSA) is 84.0 Å². The molecule has 2 amide bonds. The van der Waals surface area contributed by atoms with Crippen molar-refractivity contribution in [2.75, 3.05) is 10.6 Å². The molecule has 6 nitrogen and oxygen atoms in total. The highest BCUT2D eigenvalue weighted by molar-refractivity contribution is 6.02. The van der Waals surface area contributed by atoms with Gasteiger partial charge in [-0.3, -0.25) is 14.6 Å². The number of rotatable bonds is 4. The first-order chi connectivity index (χ1) is 9.69. The molecule has 0 fully saturated rings. The van der Waals surface area contributed by atoms with Crippen molar-refractivity contribution in [3.8, 4) is 0 Å². The zero-order chi connectivity index (χ0) is 14.4. The Morgan fingerprint density at radius 1 is 1.05 bits per heavy atom. The highest BCUT2D eigenvalue weighted by Crippen LogP contribution is 2.14. The second kappa shape index (κ2) is 6.42. The van der Waals surface area contributed by atoms with Crippen molar-refractivity contribution in [1.29, 1.82) is 0 Å². The molecule has 2 aromatic rings. The van der Waals surface area contributed by atoms with E-state index >= 15 is 0 Å². The lowest BCUT2D eigenvalue weighted by Gasteiger charge is -2.06. The molecule has 0 aliphatic rings. The number of nitrogens with one attached hydrogen (secondary N) is 2. The van der Waals surface area contributed by atoms with Crippen LogP contribution in [-0.2, 0) is 4.79 Å². The van der Waals surface area contributed by atoms with E-state index in [0.29, 0.717) is 17.8 Å². The molecular weight excluding hydrogens is 256 g/mol. The van der Waals surface area contributed by atoms with Gasteiger partial charge in [0.25, 0.3) is 5.91 Å². The van der Waals surface area contributed by atoms with Gasteiger partial charge in [-0.25, -0.2) is 4.98 Å². The molecule has 6 heteroatoms. The number of amides is 2. The van der Waals surface area contributed by atoms with Gasteiger partial charge in [-0.1, -0.05) is 6.92 Å². The first-order valence-corrected chi connectivity index (χ1v) is 6.16. The normalized spacial score (nSPS) is 9.85. The van der Waals surface area contributed by atoms with Crippen molar-refractivity contribution in [1.82, 2.24) is 9.97 Å². The van der Waals surface area contributed by atoms with Crippen LogP contribution in [0, 0.1) is 0 Å². The lowest BCUT2D eigenvalue weighted by molar-refractivity contribution is -0.115. The minimum Gasteiger partial charge on any atom is -0.326 e. The van der Waals surface area contributed by atoms with Crippen molar-refractivity contribution in [3.05, 3.63) is 48.5 Å². The second-order valence-corrected chi connectivity index (χ2v) is 4.02. The number of hydrogen-bond acceptors (Lipinski definition) is 4. The number of anilines is 2. The summed E-state index contributed by atoms with van der Waals surface area (Å²) in [5.74, 6) is -0.384. The molecule has 0 bridgehead atoms. The number of carbonyl (C=O) groups excluding carboxylic acids is 2. The van der Waals surface area contributed by atoms with E-state index in [9.17, 15) is 9.59 Å². The summed E-state index contributed by atoms with van der Waals surface area (Å²) in [6.45, 7) is 1.78. The van der Waals surface area contributed by atoms with Crippen LogP contribution in [0.5, 0.6) is 0 Å². The van der Waals surface area contributed by atoms with E-state index in [1.54, 1.807) is 31.2 Å². The molecule has 0 aliphatic heterocycles. The molecule has 0 unspecified atom stereocenters. The van der Waals surface area contributed by atoms with Crippen molar-refractivity contribution in [3.63, 3.8) is 0 Å². The Balaban J connectivity index is 2.00. The number of hydrogen-bond donors (Lipinski definition) is 2. The van der Waals surface area contributed by atoms with E-state index in [2.05, 4.69) is 20.6 Å². The molecule has 0 aliphatic carbocycles. The molecule has 0 atom stereocenters. The van der Waals surface area contributed by atoms with Gasteiger partial charge in [-0.15, -0.1) is 0 Å². The van der Waals surface area contributed by atoms with Gasteiger partial charge in [-0.05, 0) is 24.3 Å². The molecule has 1 heterocycles. The van der Waals surface area contributed by atoms with Crippen LogP contribution in [0.15, 0.2) is 42.9 Å². The van der Waals surface area contributed by atoms with E-state index < -0.39 is 0 Å². The highest BCUT2D eigenvalue weighted by Gasteiger charge is 2.07. The largest absolute Gasteiger partial charge is 0.326 e. The number of benzene rings is 1. The molecule has 2 N–H and O–H groups in total. The standard InChI is InChI=1S/C14H14N4O2/c1-2-13(19)17-10-3-5-11(6-4-10)18-14(20)12-9-15-7-8-16-12/h3-9H,2H2,1H3,(H,17,19)(H,18,20). The first kappa shape index (κ1) is 13.7. The minimum atomic E-state index is -0.330. The van der Waals surface area contributed by atoms with Crippen molar-refractivity contribution < 1.29 is 9.59 Å². The summed E-state index contributed by atoms with van der Waals surface area (Å²) in [5.41, 5.74) is 1.56. The van der Waals surface area contributed by atoms with Gasteiger partial charge in [0.2, 0.25) is 5.91 Å². The molecule has 20 heavy (non-hydrogen) atoms. The fraction of sp³-hybridized carbons (Fsp3) is 0.143. The Morgan fingerprint density at radius 3 is 2.25 bits per heavy atom. The van der Waals surface area contributed by atoms with Gasteiger partial charge in [-0.2, -0.15) is 0 Å². The molecule has 2 rings (SSSR count). The molecule has 1 aromatic heterocycles. The van der Waals surface area contributed by atoms with Crippen LogP contribution < -0.4 is 10.6 Å². The lowest BCUT2D eigenvalue weighted by Crippen LogP contribution is -2.14. The Bertz CT molecular complexity index is 596.